The summed E-state index contributed by atoms with van der Waals surface area (Å²) in [6.07, 6.45) is 1.47. The minimum absolute atomic E-state index is 0.0184. The first-order valence-corrected chi connectivity index (χ1v) is 7.02. The number of carboxylic acid groups (broad SMARTS) is 1. The first-order chi connectivity index (χ1) is 8.29. The summed E-state index contributed by atoms with van der Waals surface area (Å²) in [7, 11) is -3.48. The molecule has 0 aliphatic carbocycles. The molecule has 0 saturated heterocycles. The number of sulfonamides is 1. The molecular weight excluding hydrogens is 282 g/mol. The maximum absolute atomic E-state index is 10.7. The Morgan fingerprint density at radius 2 is 2.22 bits per heavy atom. The lowest BCUT2D eigenvalue weighted by Crippen LogP contribution is -2.19. The fourth-order valence-corrected chi connectivity index (χ4v) is 1.94. The number of anilines is 1. The largest absolute Gasteiger partial charge is 0.478 e. The number of carbonyl (C=O) groups is 1. The van der Waals surface area contributed by atoms with Crippen molar-refractivity contribution in [3.05, 3.63) is 22.8 Å². The number of carboxylic acids is 1. The van der Waals surface area contributed by atoms with Crippen LogP contribution in [0.15, 0.2) is 12.3 Å². The van der Waals surface area contributed by atoms with Crippen molar-refractivity contribution in [1.82, 2.24) is 4.98 Å². The van der Waals surface area contributed by atoms with Crippen LogP contribution in [0.25, 0.3) is 0 Å². The first kappa shape index (κ1) is 14.7. The van der Waals surface area contributed by atoms with E-state index in [1.165, 1.54) is 6.07 Å². The predicted octanol–water partition coefficient (Wildman–Crippen LogP) is 0.524. The van der Waals surface area contributed by atoms with Crippen molar-refractivity contribution >= 4 is 33.4 Å². The Labute approximate surface area is 109 Å². The Morgan fingerprint density at radius 3 is 2.72 bits per heavy atom. The van der Waals surface area contributed by atoms with Gasteiger partial charge >= 0.3 is 5.97 Å². The number of aromatic carboxylic acids is 1. The number of nitrogens with zero attached hydrogens (tertiary/aromatic N) is 1. The van der Waals surface area contributed by atoms with Crippen molar-refractivity contribution < 1.29 is 18.3 Å². The van der Waals surface area contributed by atoms with Crippen LogP contribution in [0.3, 0.4) is 0 Å². The molecule has 0 aliphatic heterocycles. The highest BCUT2D eigenvalue weighted by Crippen LogP contribution is 2.19. The second-order valence-electron chi connectivity index (χ2n) is 3.51. The van der Waals surface area contributed by atoms with E-state index in [1.54, 1.807) is 0 Å². The van der Waals surface area contributed by atoms with E-state index < -0.39 is 16.0 Å². The Balaban J connectivity index is 2.56. The molecule has 1 aromatic rings. The molecular formula is C9H12ClN3O4S. The fourth-order valence-electron chi connectivity index (χ4n) is 1.17. The summed E-state index contributed by atoms with van der Waals surface area (Å²) in [5, 5.41) is 16.5. The molecule has 0 bridgehead atoms. The molecule has 0 amide bonds. The highest BCUT2D eigenvalue weighted by molar-refractivity contribution is 7.89. The summed E-state index contributed by atoms with van der Waals surface area (Å²) in [5.41, 5.74) is -0.0184. The Morgan fingerprint density at radius 1 is 1.56 bits per heavy atom. The topological polar surface area (TPSA) is 122 Å². The summed E-state index contributed by atoms with van der Waals surface area (Å²) in [6, 6.07) is 1.26. The molecule has 4 N–H and O–H groups in total. The zero-order valence-electron chi connectivity index (χ0n) is 9.26. The number of rotatable bonds is 6. The normalized spacial score (nSPS) is 11.2. The summed E-state index contributed by atoms with van der Waals surface area (Å²) < 4.78 is 21.3. The Bertz CT molecular complexity index is 547. The maximum Gasteiger partial charge on any atom is 0.337 e. The number of hydrogen-bond donors (Lipinski definition) is 3. The van der Waals surface area contributed by atoms with Gasteiger partial charge in [0.1, 0.15) is 5.82 Å². The van der Waals surface area contributed by atoms with Gasteiger partial charge < -0.3 is 10.4 Å². The molecule has 0 unspecified atom stereocenters. The van der Waals surface area contributed by atoms with Gasteiger partial charge in [-0.3, -0.25) is 0 Å². The van der Waals surface area contributed by atoms with Crippen LogP contribution in [-0.4, -0.2) is 36.8 Å². The number of nitrogens with two attached hydrogens (primary N) is 1. The van der Waals surface area contributed by atoms with Gasteiger partial charge in [-0.25, -0.2) is 23.3 Å². The molecule has 100 valence electrons. The molecule has 1 aromatic heterocycles. The highest BCUT2D eigenvalue weighted by Gasteiger charge is 2.08. The van der Waals surface area contributed by atoms with Gasteiger partial charge in [-0.2, -0.15) is 0 Å². The van der Waals surface area contributed by atoms with E-state index in [9.17, 15) is 13.2 Å². The van der Waals surface area contributed by atoms with E-state index in [2.05, 4.69) is 10.3 Å². The number of pyridine rings is 1. The van der Waals surface area contributed by atoms with Crippen molar-refractivity contribution in [2.24, 2.45) is 5.14 Å². The number of nitrogens with one attached hydrogen (secondary N) is 1. The van der Waals surface area contributed by atoms with E-state index in [4.69, 9.17) is 21.8 Å². The zero-order valence-corrected chi connectivity index (χ0v) is 10.8. The van der Waals surface area contributed by atoms with Crippen molar-refractivity contribution in [3.8, 4) is 0 Å². The van der Waals surface area contributed by atoms with Crippen molar-refractivity contribution in [3.63, 3.8) is 0 Å². The zero-order chi connectivity index (χ0) is 13.8. The molecule has 0 aromatic carbocycles. The lowest BCUT2D eigenvalue weighted by Gasteiger charge is -2.07. The van der Waals surface area contributed by atoms with Crippen molar-refractivity contribution in [2.45, 2.75) is 6.42 Å². The van der Waals surface area contributed by atoms with Gasteiger partial charge in [0.2, 0.25) is 10.0 Å². The molecule has 1 rings (SSSR count). The molecule has 0 atom stereocenters. The van der Waals surface area contributed by atoms with Gasteiger partial charge in [-0.05, 0) is 12.5 Å². The third-order valence-electron chi connectivity index (χ3n) is 1.99. The predicted molar refractivity (Wildman–Crippen MR) is 67.3 cm³/mol. The average Bonchev–Trinajstić information content (AvgIpc) is 2.24. The van der Waals surface area contributed by atoms with E-state index in [0.717, 1.165) is 6.20 Å². The van der Waals surface area contributed by atoms with Crippen LogP contribution in [0.1, 0.15) is 16.8 Å². The molecule has 7 nitrogen and oxygen atoms in total. The third-order valence-corrected chi connectivity index (χ3v) is 3.13. The standard InChI is InChI=1S/C9H12ClN3O4S/c10-7-4-6(9(14)15)5-13-8(7)12-2-1-3-18(11,16)17/h4-5H,1-3H2,(H,12,13)(H,14,15)(H2,11,16,17). The van der Waals surface area contributed by atoms with Gasteiger partial charge in [0.05, 0.1) is 16.3 Å². The van der Waals surface area contributed by atoms with Gasteiger partial charge in [0, 0.05) is 12.7 Å². The summed E-state index contributed by atoms with van der Waals surface area (Å²) in [6.45, 7) is 0.315. The maximum atomic E-state index is 10.7. The van der Waals surface area contributed by atoms with Crippen LogP contribution in [-0.2, 0) is 10.0 Å². The molecule has 1 heterocycles. The van der Waals surface area contributed by atoms with Gasteiger partial charge in [0.25, 0.3) is 0 Å². The molecule has 0 radical (unpaired) electrons. The molecule has 0 fully saturated rings. The van der Waals surface area contributed by atoms with E-state index in [-0.39, 0.29) is 16.3 Å². The number of halogens is 1. The smallest absolute Gasteiger partial charge is 0.337 e. The number of primary sulfonamides is 1. The van der Waals surface area contributed by atoms with Crippen LogP contribution < -0.4 is 10.5 Å². The average molecular weight is 294 g/mol. The quantitative estimate of drug-likeness (QED) is 0.657. The second-order valence-corrected chi connectivity index (χ2v) is 5.65. The lowest BCUT2D eigenvalue weighted by atomic mass is 10.3. The summed E-state index contributed by atoms with van der Waals surface area (Å²) >= 11 is 5.81. The molecule has 0 aliphatic rings. The van der Waals surface area contributed by atoms with E-state index in [1.807, 2.05) is 0 Å². The Kier molecular flexibility index (Phi) is 4.88. The van der Waals surface area contributed by atoms with Crippen LogP contribution in [0, 0.1) is 0 Å². The van der Waals surface area contributed by atoms with Gasteiger partial charge in [-0.15, -0.1) is 0 Å². The molecule has 9 heteroatoms. The summed E-state index contributed by atoms with van der Waals surface area (Å²) in [5.74, 6) is -0.966. The van der Waals surface area contributed by atoms with Crippen molar-refractivity contribution in [1.29, 1.82) is 0 Å². The van der Waals surface area contributed by atoms with Crippen LogP contribution >= 0.6 is 11.6 Å². The van der Waals surface area contributed by atoms with E-state index >= 15 is 0 Å². The molecule has 18 heavy (non-hydrogen) atoms. The minimum Gasteiger partial charge on any atom is -0.478 e. The lowest BCUT2D eigenvalue weighted by molar-refractivity contribution is 0.0696. The molecule has 0 saturated carbocycles. The minimum atomic E-state index is -3.48. The summed E-state index contributed by atoms with van der Waals surface area (Å²) in [4.78, 5) is 14.5. The second kappa shape index (κ2) is 5.98. The van der Waals surface area contributed by atoms with Crippen LogP contribution in [0.2, 0.25) is 5.02 Å². The van der Waals surface area contributed by atoms with Crippen molar-refractivity contribution in [2.75, 3.05) is 17.6 Å². The fraction of sp³-hybridized carbons (Fsp3) is 0.333. The monoisotopic (exact) mass is 293 g/mol. The Hall–Kier alpha value is -1.38. The first-order valence-electron chi connectivity index (χ1n) is 4.93. The third kappa shape index (κ3) is 4.86. The number of hydrogen-bond acceptors (Lipinski definition) is 5. The van der Waals surface area contributed by atoms with E-state index in [0.29, 0.717) is 18.8 Å². The van der Waals surface area contributed by atoms with Crippen LogP contribution in [0.5, 0.6) is 0 Å². The number of aromatic nitrogens is 1. The van der Waals surface area contributed by atoms with Gasteiger partial charge in [-0.1, -0.05) is 11.6 Å². The SMILES string of the molecule is NS(=O)(=O)CCCNc1ncc(C(=O)O)cc1Cl. The highest BCUT2D eigenvalue weighted by atomic mass is 35.5. The van der Waals surface area contributed by atoms with Gasteiger partial charge in [0.15, 0.2) is 0 Å². The molecule has 0 spiro atoms. The van der Waals surface area contributed by atoms with Crippen LogP contribution in [0.4, 0.5) is 5.82 Å².